The SMILES string of the molecule is C/C=C/C=C\C(=C\c1nc(NS(=O)(=O)c2cccc(C(=O)O)c2)nc(OC[C@H](N)CC(C)(C)C)c1C)CC1CCCC1. The number of nitrogens with one attached hydrogen (secondary N) is 1. The number of allylic oxidation sites excluding steroid dienone is 5. The van der Waals surface area contributed by atoms with Crippen LogP contribution in [-0.2, 0) is 10.0 Å². The number of benzene rings is 1. The molecule has 228 valence electrons. The molecule has 1 heterocycles. The van der Waals surface area contributed by atoms with Crippen molar-refractivity contribution >= 4 is 28.0 Å². The summed E-state index contributed by atoms with van der Waals surface area (Å²) in [5.41, 5.74) is 8.46. The Morgan fingerprint density at radius 3 is 2.57 bits per heavy atom. The molecule has 0 amide bonds. The third-order valence-corrected chi connectivity index (χ3v) is 8.33. The first kappa shape index (κ1) is 33.0. The second kappa shape index (κ2) is 14.6. The Kier molecular flexibility index (Phi) is 11.5. The van der Waals surface area contributed by atoms with E-state index >= 15 is 0 Å². The number of hydrogen-bond acceptors (Lipinski definition) is 7. The number of nitrogens with zero attached hydrogens (tertiary/aromatic N) is 2. The summed E-state index contributed by atoms with van der Waals surface area (Å²) in [5.74, 6) is -0.590. The molecule has 4 N–H and O–H groups in total. The minimum atomic E-state index is -4.20. The zero-order valence-electron chi connectivity index (χ0n) is 25.3. The number of carboxylic acid groups (broad SMARTS) is 1. The van der Waals surface area contributed by atoms with Crippen LogP contribution in [0.4, 0.5) is 5.95 Å². The summed E-state index contributed by atoms with van der Waals surface area (Å²) < 4.78 is 35.0. The third-order valence-electron chi connectivity index (χ3n) is 7.00. The van der Waals surface area contributed by atoms with Crippen molar-refractivity contribution in [1.82, 2.24) is 9.97 Å². The highest BCUT2D eigenvalue weighted by Gasteiger charge is 2.22. The van der Waals surface area contributed by atoms with Gasteiger partial charge in [0.05, 0.1) is 16.2 Å². The van der Waals surface area contributed by atoms with Crippen molar-refractivity contribution in [3.05, 3.63) is 71.0 Å². The summed E-state index contributed by atoms with van der Waals surface area (Å²) in [6, 6.07) is 4.86. The van der Waals surface area contributed by atoms with E-state index in [0.29, 0.717) is 17.2 Å². The third kappa shape index (κ3) is 10.1. The minimum absolute atomic E-state index is 0.0110. The van der Waals surface area contributed by atoms with E-state index in [1.807, 2.05) is 38.2 Å². The summed E-state index contributed by atoms with van der Waals surface area (Å²) in [6.07, 6.45) is 16.3. The standard InChI is InChI=1S/C32H44N4O5S/c1-6-7-8-14-24(17-23-12-9-10-13-23)18-28-22(2)29(41-21-26(33)20-32(3,4)5)35-31(34-28)36-42(39,40)27-16-11-15-25(19-27)30(37)38/h6-8,11,14-16,18-19,23,26H,9-10,12-13,17,20-21,33H2,1-5H3,(H,37,38)(H,34,35,36)/b7-6+,14-8-,24-18-/t26-/m1/s1. The fraction of sp³-hybridized carbons (Fsp3) is 0.469. The number of aromatic nitrogens is 2. The Hall–Kier alpha value is -3.50. The van der Waals surface area contributed by atoms with E-state index in [-0.39, 0.29) is 40.4 Å². The van der Waals surface area contributed by atoms with Gasteiger partial charge in [-0.1, -0.05) is 76.8 Å². The van der Waals surface area contributed by atoms with E-state index in [2.05, 4.69) is 41.5 Å². The Balaban J connectivity index is 2.04. The quantitative estimate of drug-likeness (QED) is 0.222. The van der Waals surface area contributed by atoms with Crippen molar-refractivity contribution in [2.75, 3.05) is 11.3 Å². The van der Waals surface area contributed by atoms with Gasteiger partial charge in [0.15, 0.2) is 0 Å². The number of ether oxygens (including phenoxy) is 1. The zero-order chi connectivity index (χ0) is 30.9. The molecule has 0 saturated heterocycles. The second-order valence-corrected chi connectivity index (χ2v) is 13.8. The topological polar surface area (TPSA) is 144 Å². The maximum atomic E-state index is 13.3. The van der Waals surface area contributed by atoms with Crippen molar-refractivity contribution in [2.24, 2.45) is 17.1 Å². The van der Waals surface area contributed by atoms with Gasteiger partial charge in [-0.15, -0.1) is 0 Å². The molecule has 1 aromatic heterocycles. The van der Waals surface area contributed by atoms with Crippen LogP contribution in [0.1, 0.15) is 87.8 Å². The first-order valence-corrected chi connectivity index (χ1v) is 15.9. The second-order valence-electron chi connectivity index (χ2n) is 12.1. The molecule has 0 radical (unpaired) electrons. The largest absolute Gasteiger partial charge is 0.478 e. The van der Waals surface area contributed by atoms with Gasteiger partial charge < -0.3 is 15.6 Å². The molecule has 9 nitrogen and oxygen atoms in total. The molecular weight excluding hydrogens is 552 g/mol. The molecule has 1 aliphatic carbocycles. The molecule has 0 spiro atoms. The first-order chi connectivity index (χ1) is 19.8. The van der Waals surface area contributed by atoms with Crippen molar-refractivity contribution in [2.45, 2.75) is 84.1 Å². The van der Waals surface area contributed by atoms with Gasteiger partial charge >= 0.3 is 5.97 Å². The summed E-state index contributed by atoms with van der Waals surface area (Å²) >= 11 is 0. The summed E-state index contributed by atoms with van der Waals surface area (Å²) in [7, 11) is -4.20. The van der Waals surface area contributed by atoms with Crippen LogP contribution in [-0.4, -0.2) is 42.1 Å². The van der Waals surface area contributed by atoms with E-state index in [1.165, 1.54) is 43.9 Å². The Labute approximate surface area is 250 Å². The number of anilines is 1. The molecule has 10 heteroatoms. The van der Waals surface area contributed by atoms with Gasteiger partial charge in [-0.2, -0.15) is 4.98 Å². The van der Waals surface area contributed by atoms with Gasteiger partial charge in [-0.05, 0) is 67.9 Å². The van der Waals surface area contributed by atoms with E-state index < -0.39 is 16.0 Å². The van der Waals surface area contributed by atoms with Crippen LogP contribution in [0.15, 0.2) is 59.0 Å². The Morgan fingerprint density at radius 2 is 1.93 bits per heavy atom. The van der Waals surface area contributed by atoms with Crippen LogP contribution in [0.25, 0.3) is 6.08 Å². The van der Waals surface area contributed by atoms with E-state index in [1.54, 1.807) is 0 Å². The van der Waals surface area contributed by atoms with Crippen LogP contribution < -0.4 is 15.2 Å². The minimum Gasteiger partial charge on any atom is -0.478 e. The molecule has 42 heavy (non-hydrogen) atoms. The van der Waals surface area contributed by atoms with Crippen LogP contribution >= 0.6 is 0 Å². The Morgan fingerprint density at radius 1 is 1.21 bits per heavy atom. The number of nitrogens with two attached hydrogens (primary N) is 1. The van der Waals surface area contributed by atoms with Crippen LogP contribution in [0.5, 0.6) is 5.88 Å². The van der Waals surface area contributed by atoms with Crippen molar-refractivity contribution in [1.29, 1.82) is 0 Å². The smallest absolute Gasteiger partial charge is 0.335 e. The fourth-order valence-electron chi connectivity index (χ4n) is 5.03. The van der Waals surface area contributed by atoms with Crippen LogP contribution in [0.3, 0.4) is 0 Å². The number of aromatic carboxylic acids is 1. The number of carboxylic acids is 1. The maximum Gasteiger partial charge on any atom is 0.335 e. The lowest BCUT2D eigenvalue weighted by atomic mass is 9.89. The molecule has 1 atom stereocenters. The van der Waals surface area contributed by atoms with E-state index in [9.17, 15) is 18.3 Å². The van der Waals surface area contributed by atoms with Gasteiger partial charge in [0.25, 0.3) is 10.0 Å². The zero-order valence-corrected chi connectivity index (χ0v) is 26.1. The number of sulfonamides is 1. The normalized spacial score (nSPS) is 15.9. The first-order valence-electron chi connectivity index (χ1n) is 14.4. The van der Waals surface area contributed by atoms with Gasteiger partial charge in [-0.3, -0.25) is 0 Å². The van der Waals surface area contributed by atoms with Crippen LogP contribution in [0, 0.1) is 18.3 Å². The molecule has 1 aliphatic rings. The highest BCUT2D eigenvalue weighted by Crippen LogP contribution is 2.32. The molecule has 3 rings (SSSR count). The number of hydrogen-bond donors (Lipinski definition) is 3. The van der Waals surface area contributed by atoms with Crippen molar-refractivity contribution in [3.8, 4) is 5.88 Å². The summed E-state index contributed by atoms with van der Waals surface area (Å²) in [5, 5.41) is 9.32. The van der Waals surface area contributed by atoms with Gasteiger partial charge in [0.1, 0.15) is 6.61 Å². The van der Waals surface area contributed by atoms with Crippen LogP contribution in [0.2, 0.25) is 0 Å². The highest BCUT2D eigenvalue weighted by atomic mass is 32.2. The summed E-state index contributed by atoms with van der Waals surface area (Å²) in [6.45, 7) is 10.3. The maximum absolute atomic E-state index is 13.3. The highest BCUT2D eigenvalue weighted by molar-refractivity contribution is 7.92. The lowest BCUT2D eigenvalue weighted by molar-refractivity contribution is 0.0696. The van der Waals surface area contributed by atoms with Crippen molar-refractivity contribution in [3.63, 3.8) is 0 Å². The predicted molar refractivity (Wildman–Crippen MR) is 167 cm³/mol. The molecule has 1 fully saturated rings. The number of rotatable bonds is 13. The molecule has 1 saturated carbocycles. The van der Waals surface area contributed by atoms with E-state index in [4.69, 9.17) is 10.5 Å². The van der Waals surface area contributed by atoms with Gasteiger partial charge in [-0.25, -0.2) is 22.9 Å². The average molecular weight is 597 g/mol. The lowest BCUT2D eigenvalue weighted by Crippen LogP contribution is -2.32. The number of carbonyl (C=O) groups is 1. The molecule has 0 aliphatic heterocycles. The summed E-state index contributed by atoms with van der Waals surface area (Å²) in [4.78, 5) is 20.2. The van der Waals surface area contributed by atoms with E-state index in [0.717, 1.165) is 24.5 Å². The molecule has 0 bridgehead atoms. The van der Waals surface area contributed by atoms with Gasteiger partial charge in [0, 0.05) is 11.6 Å². The lowest BCUT2D eigenvalue weighted by Gasteiger charge is -2.23. The van der Waals surface area contributed by atoms with Crippen molar-refractivity contribution < 1.29 is 23.1 Å². The molecule has 2 aromatic rings. The molecular formula is C32H44N4O5S. The predicted octanol–water partition coefficient (Wildman–Crippen LogP) is 6.52. The monoisotopic (exact) mass is 596 g/mol. The molecule has 1 aromatic carbocycles. The van der Waals surface area contributed by atoms with Gasteiger partial charge in [0.2, 0.25) is 11.8 Å². The Bertz CT molecular complexity index is 1440. The average Bonchev–Trinajstić information content (AvgIpc) is 3.41. The molecule has 0 unspecified atom stereocenters. The fourth-order valence-corrected chi connectivity index (χ4v) is 6.02.